The van der Waals surface area contributed by atoms with Crippen LogP contribution in [0.2, 0.25) is 0 Å². The summed E-state index contributed by atoms with van der Waals surface area (Å²) in [4.78, 5) is 23.8. The number of para-hydroxylation sites is 1. The summed E-state index contributed by atoms with van der Waals surface area (Å²) < 4.78 is 22.9. The van der Waals surface area contributed by atoms with Gasteiger partial charge in [0.05, 0.1) is 18.0 Å². The van der Waals surface area contributed by atoms with Crippen LogP contribution in [0.5, 0.6) is 11.5 Å². The number of amides is 1. The van der Waals surface area contributed by atoms with E-state index >= 15 is 4.39 Å². The highest BCUT2D eigenvalue weighted by atomic mass is 19.1. The van der Waals surface area contributed by atoms with Crippen LogP contribution in [0.1, 0.15) is 25.7 Å². The normalized spacial score (nSPS) is 19.1. The van der Waals surface area contributed by atoms with Gasteiger partial charge < -0.3 is 20.7 Å². The van der Waals surface area contributed by atoms with Crippen molar-refractivity contribution in [3.63, 3.8) is 0 Å². The molecule has 2 saturated heterocycles. The summed E-state index contributed by atoms with van der Waals surface area (Å²) in [5.41, 5.74) is 7.42. The van der Waals surface area contributed by atoms with E-state index in [0.29, 0.717) is 41.3 Å². The molecule has 4 heterocycles. The third-order valence-corrected chi connectivity index (χ3v) is 7.84. The van der Waals surface area contributed by atoms with Crippen molar-refractivity contribution in [1.29, 1.82) is 5.26 Å². The fourth-order valence-corrected chi connectivity index (χ4v) is 5.78. The Labute approximate surface area is 242 Å². The lowest BCUT2D eigenvalue weighted by atomic mass is 9.96. The van der Waals surface area contributed by atoms with Gasteiger partial charge in [-0.2, -0.15) is 10.4 Å². The minimum absolute atomic E-state index is 0.162. The molecule has 6 rings (SSSR count). The van der Waals surface area contributed by atoms with E-state index in [2.05, 4.69) is 21.4 Å². The summed E-state index contributed by atoms with van der Waals surface area (Å²) in [5.74, 6) is 0.488. The van der Waals surface area contributed by atoms with Gasteiger partial charge in [-0.25, -0.2) is 19.0 Å². The molecule has 0 radical (unpaired) electrons. The first-order chi connectivity index (χ1) is 20.5. The number of halogens is 1. The minimum atomic E-state index is -0.531. The van der Waals surface area contributed by atoms with Crippen molar-refractivity contribution < 1.29 is 13.9 Å². The Morgan fingerprint density at radius 2 is 2.02 bits per heavy atom. The third-order valence-electron chi connectivity index (χ3n) is 7.84. The third kappa shape index (κ3) is 5.53. The Hall–Kier alpha value is -4.82. The van der Waals surface area contributed by atoms with Crippen molar-refractivity contribution in [2.45, 2.75) is 38.3 Å². The maximum atomic E-state index is 15.5. The molecular weight excluding hydrogens is 535 g/mol. The van der Waals surface area contributed by atoms with E-state index in [1.165, 1.54) is 12.4 Å². The second-order valence-electron chi connectivity index (χ2n) is 10.6. The van der Waals surface area contributed by atoms with E-state index in [9.17, 15) is 10.1 Å². The van der Waals surface area contributed by atoms with E-state index in [1.807, 2.05) is 24.3 Å². The zero-order valence-corrected chi connectivity index (χ0v) is 23.0. The predicted molar refractivity (Wildman–Crippen MR) is 156 cm³/mol. The van der Waals surface area contributed by atoms with E-state index in [4.69, 9.17) is 15.6 Å². The summed E-state index contributed by atoms with van der Waals surface area (Å²) >= 11 is 0. The van der Waals surface area contributed by atoms with Gasteiger partial charge >= 0.3 is 0 Å². The maximum absolute atomic E-state index is 15.5. The van der Waals surface area contributed by atoms with Crippen molar-refractivity contribution in [3.8, 4) is 28.8 Å². The van der Waals surface area contributed by atoms with Gasteiger partial charge in [-0.15, -0.1) is 0 Å². The average molecular weight is 567 g/mol. The number of likely N-dealkylation sites (tertiary alicyclic amines) is 1. The number of nitriles is 1. The van der Waals surface area contributed by atoms with Crippen LogP contribution < -0.4 is 15.8 Å². The van der Waals surface area contributed by atoms with E-state index < -0.39 is 5.82 Å². The van der Waals surface area contributed by atoms with Crippen LogP contribution in [-0.2, 0) is 11.3 Å². The van der Waals surface area contributed by atoms with Crippen LogP contribution in [0.25, 0.3) is 22.3 Å². The monoisotopic (exact) mass is 566 g/mol. The molecule has 0 saturated carbocycles. The van der Waals surface area contributed by atoms with Crippen molar-refractivity contribution in [1.82, 2.24) is 30.0 Å². The summed E-state index contributed by atoms with van der Waals surface area (Å²) in [6.07, 6.45) is 6.68. The SMILES string of the molecule is N#C/C(=C\C1CCCNC1)C(=O)N1CCC[C@H]1Cn1nc(-c2ccc(Oc3ccccc3)cc2F)c2c(N)ncnc21. The van der Waals surface area contributed by atoms with Crippen molar-refractivity contribution in [2.24, 2.45) is 5.92 Å². The molecule has 3 N–H and O–H groups in total. The number of benzene rings is 2. The van der Waals surface area contributed by atoms with Crippen molar-refractivity contribution >= 4 is 22.8 Å². The highest BCUT2D eigenvalue weighted by molar-refractivity contribution is 5.99. The van der Waals surface area contributed by atoms with Gasteiger partial charge in [-0.05, 0) is 62.4 Å². The minimum Gasteiger partial charge on any atom is -0.457 e. The van der Waals surface area contributed by atoms with Crippen molar-refractivity contribution in [3.05, 3.63) is 72.3 Å². The van der Waals surface area contributed by atoms with Crippen LogP contribution in [0.4, 0.5) is 10.2 Å². The number of carbonyl (C=O) groups is 1. The molecule has 0 aliphatic carbocycles. The molecular formula is C31H31FN8O2. The summed E-state index contributed by atoms with van der Waals surface area (Å²) in [6.45, 7) is 2.59. The molecule has 11 heteroatoms. The molecule has 42 heavy (non-hydrogen) atoms. The molecule has 1 amide bonds. The topological polar surface area (TPSA) is 135 Å². The van der Waals surface area contributed by atoms with Gasteiger partial charge in [0.15, 0.2) is 5.65 Å². The molecule has 2 aromatic carbocycles. The highest BCUT2D eigenvalue weighted by Crippen LogP contribution is 2.35. The number of aromatic nitrogens is 4. The lowest BCUT2D eigenvalue weighted by molar-refractivity contribution is -0.127. The number of anilines is 1. The van der Waals surface area contributed by atoms with Crippen LogP contribution in [0.15, 0.2) is 66.5 Å². The van der Waals surface area contributed by atoms with E-state index in [-0.39, 0.29) is 34.8 Å². The Balaban J connectivity index is 1.28. The number of rotatable bonds is 7. The Morgan fingerprint density at radius 1 is 1.17 bits per heavy atom. The van der Waals surface area contributed by atoms with Gasteiger partial charge in [-0.1, -0.05) is 24.3 Å². The highest BCUT2D eigenvalue weighted by Gasteiger charge is 2.33. The molecule has 1 unspecified atom stereocenters. The molecule has 2 aliphatic heterocycles. The van der Waals surface area contributed by atoms with E-state index in [0.717, 1.165) is 38.8 Å². The Morgan fingerprint density at radius 3 is 2.79 bits per heavy atom. The fraction of sp³-hybridized carbons (Fsp3) is 0.323. The Bertz CT molecular complexity index is 1670. The first-order valence-corrected chi connectivity index (χ1v) is 14.1. The number of nitrogens with zero attached hydrogens (tertiary/aromatic N) is 6. The first-order valence-electron chi connectivity index (χ1n) is 14.1. The first kappa shape index (κ1) is 27.4. The molecule has 2 aromatic heterocycles. The average Bonchev–Trinajstić information content (AvgIpc) is 3.62. The van der Waals surface area contributed by atoms with E-state index in [1.54, 1.807) is 33.8 Å². The number of ether oxygens (including phenoxy) is 1. The predicted octanol–water partition coefficient (Wildman–Crippen LogP) is 4.45. The Kier molecular flexibility index (Phi) is 7.79. The van der Waals surface area contributed by atoms with Gasteiger partial charge in [0.1, 0.15) is 46.8 Å². The number of nitrogen functional groups attached to an aromatic ring is 1. The van der Waals surface area contributed by atoms with Crippen LogP contribution in [0.3, 0.4) is 0 Å². The number of nitrogens with two attached hydrogens (primary N) is 1. The molecule has 2 atom stereocenters. The maximum Gasteiger partial charge on any atom is 0.264 e. The molecule has 2 fully saturated rings. The lowest BCUT2D eigenvalue weighted by Gasteiger charge is -2.25. The largest absolute Gasteiger partial charge is 0.457 e. The quantitative estimate of drug-likeness (QED) is 0.248. The van der Waals surface area contributed by atoms with Crippen molar-refractivity contribution in [2.75, 3.05) is 25.4 Å². The summed E-state index contributed by atoms with van der Waals surface area (Å²) in [5, 5.41) is 18.3. The number of nitrogens with one attached hydrogen (secondary N) is 1. The second-order valence-corrected chi connectivity index (χ2v) is 10.6. The zero-order chi connectivity index (χ0) is 29.1. The van der Waals surface area contributed by atoms with Crippen LogP contribution in [0, 0.1) is 23.1 Å². The molecule has 0 spiro atoms. The molecule has 0 bridgehead atoms. The number of fused-ring (bicyclic) bond motifs is 1. The standard InChI is InChI=1S/C31H31FN8O2/c32-26-15-24(42-23-8-2-1-3-9-23)10-11-25(26)28-27-29(34)36-19-37-30(27)40(38-28)18-22-7-5-13-39(22)31(41)21(16-33)14-20-6-4-12-35-17-20/h1-3,8-11,14-15,19-20,22,35H,4-7,12-13,17-18H2,(H2,34,36,37)/b21-14+/t20?,22-/m0/s1. The lowest BCUT2D eigenvalue weighted by Crippen LogP contribution is -2.39. The molecule has 2 aliphatic rings. The second kappa shape index (κ2) is 12.0. The smallest absolute Gasteiger partial charge is 0.264 e. The molecule has 10 nitrogen and oxygen atoms in total. The van der Waals surface area contributed by atoms with Crippen LogP contribution in [-0.4, -0.2) is 56.2 Å². The molecule has 4 aromatic rings. The number of hydrogen-bond acceptors (Lipinski definition) is 8. The van der Waals surface area contributed by atoms with Crippen LogP contribution >= 0.6 is 0 Å². The fourth-order valence-electron chi connectivity index (χ4n) is 5.78. The number of hydrogen-bond donors (Lipinski definition) is 2. The summed E-state index contributed by atoms with van der Waals surface area (Å²) in [6, 6.07) is 15.6. The van der Waals surface area contributed by atoms with Gasteiger partial charge in [0.25, 0.3) is 5.91 Å². The number of carbonyl (C=O) groups excluding carboxylic acids is 1. The van der Waals surface area contributed by atoms with Gasteiger partial charge in [0, 0.05) is 24.7 Å². The zero-order valence-electron chi connectivity index (χ0n) is 23.0. The molecule has 214 valence electrons. The number of piperidine rings is 1. The van der Waals surface area contributed by atoms with Gasteiger partial charge in [0.2, 0.25) is 0 Å². The summed E-state index contributed by atoms with van der Waals surface area (Å²) in [7, 11) is 0. The van der Waals surface area contributed by atoms with Gasteiger partial charge in [-0.3, -0.25) is 4.79 Å².